The molecular formula is C30H36N2O3. The van der Waals surface area contributed by atoms with Crippen LogP contribution in [0.3, 0.4) is 0 Å². The number of hydrogen-bond donors (Lipinski definition) is 2. The zero-order chi connectivity index (χ0) is 24.0. The lowest BCUT2D eigenvalue weighted by Gasteiger charge is -2.48. The van der Waals surface area contributed by atoms with E-state index in [2.05, 4.69) is 64.8 Å². The summed E-state index contributed by atoms with van der Waals surface area (Å²) in [6.07, 6.45) is 7.17. The number of likely N-dealkylation sites (tertiary alicyclic amines) is 1. The molecule has 0 amide bonds. The Morgan fingerprint density at radius 1 is 1.09 bits per heavy atom. The summed E-state index contributed by atoms with van der Waals surface area (Å²) in [6, 6.07) is 19.6. The second kappa shape index (κ2) is 8.79. The average Bonchev–Trinajstić information content (AvgIpc) is 3.60. The maximum absolute atomic E-state index is 13.2. The average molecular weight is 473 g/mol. The summed E-state index contributed by atoms with van der Waals surface area (Å²) >= 11 is 0. The third kappa shape index (κ3) is 3.54. The fourth-order valence-electron chi connectivity index (χ4n) is 7.96. The molecule has 0 radical (unpaired) electrons. The highest BCUT2D eigenvalue weighted by molar-refractivity contribution is 5.93. The molecule has 1 spiro atoms. The van der Waals surface area contributed by atoms with Gasteiger partial charge in [0, 0.05) is 37.1 Å². The van der Waals surface area contributed by atoms with E-state index in [1.165, 1.54) is 31.1 Å². The highest BCUT2D eigenvalue weighted by atomic mass is 16.5. The van der Waals surface area contributed by atoms with Crippen LogP contribution in [0.2, 0.25) is 0 Å². The Balaban J connectivity index is 1.49. The summed E-state index contributed by atoms with van der Waals surface area (Å²) in [5.41, 5.74) is 5.35. The highest BCUT2D eigenvalue weighted by Crippen LogP contribution is 2.61. The molecule has 2 aliphatic carbocycles. The number of anilines is 1. The molecule has 2 aromatic rings. The van der Waals surface area contributed by atoms with Gasteiger partial charge in [-0.15, -0.1) is 0 Å². The summed E-state index contributed by atoms with van der Waals surface area (Å²) in [5.74, 6) is 0.0615. The van der Waals surface area contributed by atoms with Gasteiger partial charge >= 0.3 is 5.97 Å². The minimum absolute atomic E-state index is 0.0306. The molecule has 6 rings (SSSR count). The second-order valence-electron chi connectivity index (χ2n) is 11.2. The number of aliphatic hydroxyl groups is 1. The van der Waals surface area contributed by atoms with Crippen molar-refractivity contribution < 1.29 is 14.6 Å². The minimum Gasteiger partial charge on any atom is -0.466 e. The summed E-state index contributed by atoms with van der Waals surface area (Å²) < 4.78 is 5.33. The number of methoxy groups -OCH3 is 1. The van der Waals surface area contributed by atoms with Crippen molar-refractivity contribution >= 4 is 11.7 Å². The van der Waals surface area contributed by atoms with Crippen LogP contribution in [0, 0.1) is 11.3 Å². The zero-order valence-electron chi connectivity index (χ0n) is 20.6. The lowest BCUT2D eigenvalue weighted by atomic mass is 9.60. The van der Waals surface area contributed by atoms with Crippen molar-refractivity contribution in [3.8, 4) is 0 Å². The van der Waals surface area contributed by atoms with Crippen LogP contribution in [0.5, 0.6) is 0 Å². The summed E-state index contributed by atoms with van der Waals surface area (Å²) in [4.78, 5) is 15.8. The molecule has 1 saturated carbocycles. The Morgan fingerprint density at radius 3 is 2.57 bits per heavy atom. The number of nitrogens with zero attached hydrogens (tertiary/aromatic N) is 1. The van der Waals surface area contributed by atoms with Crippen molar-refractivity contribution in [2.75, 3.05) is 25.6 Å². The lowest BCUT2D eigenvalue weighted by Crippen LogP contribution is -2.52. The Hall–Kier alpha value is -2.63. The Morgan fingerprint density at radius 2 is 1.83 bits per heavy atom. The van der Waals surface area contributed by atoms with Crippen LogP contribution in [0.4, 0.5) is 5.69 Å². The van der Waals surface area contributed by atoms with Crippen molar-refractivity contribution in [3.63, 3.8) is 0 Å². The molecule has 0 unspecified atom stereocenters. The van der Waals surface area contributed by atoms with Crippen LogP contribution in [-0.4, -0.2) is 42.3 Å². The minimum atomic E-state index is -0.243. The number of benzene rings is 2. The predicted octanol–water partition coefficient (Wildman–Crippen LogP) is 5.01. The largest absolute Gasteiger partial charge is 0.466 e. The van der Waals surface area contributed by atoms with Crippen LogP contribution in [-0.2, 0) is 21.5 Å². The van der Waals surface area contributed by atoms with Gasteiger partial charge in [0.25, 0.3) is 0 Å². The summed E-state index contributed by atoms with van der Waals surface area (Å²) in [6.45, 7) is 2.12. The molecule has 4 aliphatic rings. The van der Waals surface area contributed by atoms with E-state index in [0.29, 0.717) is 6.42 Å². The standard InChI is InChI=1S/C30H36N2O3/c1-35-28(34)23-17-22(18-29(20-33)13-7-8-14-29)27-30(24-11-5-6-12-25(24)31-26(23)30)15-16-32(27)19-21-9-3-2-4-10-21/h2-6,9-12,22,27,31,33H,7-8,13-20H2,1H3/t22-,27-,30-/m1/s1. The number of ether oxygens (including phenoxy) is 1. The molecule has 2 aromatic carbocycles. The molecule has 2 N–H and O–H groups in total. The number of fused-ring (bicyclic) bond motifs is 1. The predicted molar refractivity (Wildman–Crippen MR) is 137 cm³/mol. The Bertz CT molecular complexity index is 1140. The molecule has 2 aliphatic heterocycles. The van der Waals surface area contributed by atoms with E-state index >= 15 is 0 Å². The Labute approximate surface area is 208 Å². The molecule has 0 aromatic heterocycles. The topological polar surface area (TPSA) is 61.8 Å². The van der Waals surface area contributed by atoms with Crippen molar-refractivity contribution in [1.29, 1.82) is 0 Å². The van der Waals surface area contributed by atoms with Crippen LogP contribution in [0.1, 0.15) is 56.1 Å². The Kier molecular flexibility index (Phi) is 5.73. The van der Waals surface area contributed by atoms with E-state index in [-0.39, 0.29) is 35.4 Å². The molecule has 184 valence electrons. The summed E-state index contributed by atoms with van der Waals surface area (Å²) in [5, 5.41) is 14.2. The highest BCUT2D eigenvalue weighted by Gasteiger charge is 2.61. The van der Waals surface area contributed by atoms with E-state index in [0.717, 1.165) is 55.7 Å². The number of nitrogens with one attached hydrogen (secondary N) is 1. The van der Waals surface area contributed by atoms with Gasteiger partial charge in [-0.05, 0) is 60.6 Å². The van der Waals surface area contributed by atoms with Gasteiger partial charge < -0.3 is 15.2 Å². The van der Waals surface area contributed by atoms with E-state index in [1.54, 1.807) is 0 Å². The van der Waals surface area contributed by atoms with Crippen LogP contribution in [0.15, 0.2) is 65.9 Å². The molecule has 2 fully saturated rings. The first-order valence-electron chi connectivity index (χ1n) is 13.2. The van der Waals surface area contributed by atoms with Crippen molar-refractivity contribution in [3.05, 3.63) is 77.0 Å². The SMILES string of the molecule is COC(=O)C1=C2Nc3ccccc3[C@]23CCN(Cc2ccccc2)[C@@H]3[C@@H](CC2(CO)CCCC2)C1. The van der Waals surface area contributed by atoms with Gasteiger partial charge in [-0.1, -0.05) is 61.4 Å². The van der Waals surface area contributed by atoms with E-state index in [9.17, 15) is 9.90 Å². The maximum Gasteiger partial charge on any atom is 0.335 e. The van der Waals surface area contributed by atoms with E-state index in [4.69, 9.17) is 4.74 Å². The van der Waals surface area contributed by atoms with Gasteiger partial charge in [-0.3, -0.25) is 4.90 Å². The first kappa shape index (κ1) is 22.8. The van der Waals surface area contributed by atoms with Crippen LogP contribution >= 0.6 is 0 Å². The van der Waals surface area contributed by atoms with E-state index < -0.39 is 0 Å². The first-order chi connectivity index (χ1) is 17.1. The quantitative estimate of drug-likeness (QED) is 0.579. The number of aliphatic hydroxyl groups excluding tert-OH is 1. The summed E-state index contributed by atoms with van der Waals surface area (Å²) in [7, 11) is 1.49. The van der Waals surface area contributed by atoms with Crippen LogP contribution < -0.4 is 5.32 Å². The third-order valence-corrected chi connectivity index (χ3v) is 9.37. The normalized spacial score (nSPS) is 28.9. The van der Waals surface area contributed by atoms with Gasteiger partial charge in [0.05, 0.1) is 18.1 Å². The first-order valence-corrected chi connectivity index (χ1v) is 13.2. The van der Waals surface area contributed by atoms with Gasteiger partial charge in [0.15, 0.2) is 0 Å². The van der Waals surface area contributed by atoms with Gasteiger partial charge in [0.2, 0.25) is 0 Å². The smallest absolute Gasteiger partial charge is 0.335 e. The van der Waals surface area contributed by atoms with Crippen molar-refractivity contribution in [2.24, 2.45) is 11.3 Å². The number of rotatable bonds is 6. The molecular weight excluding hydrogens is 436 g/mol. The molecule has 5 nitrogen and oxygen atoms in total. The van der Waals surface area contributed by atoms with Crippen molar-refractivity contribution in [2.45, 2.75) is 62.9 Å². The maximum atomic E-state index is 13.2. The van der Waals surface area contributed by atoms with Crippen LogP contribution in [0.25, 0.3) is 0 Å². The fraction of sp³-hybridized carbons (Fsp3) is 0.500. The molecule has 0 bridgehead atoms. The molecule has 3 atom stereocenters. The second-order valence-corrected chi connectivity index (χ2v) is 11.2. The molecule has 5 heteroatoms. The number of esters is 1. The molecule has 35 heavy (non-hydrogen) atoms. The number of hydrogen-bond acceptors (Lipinski definition) is 5. The fourth-order valence-corrected chi connectivity index (χ4v) is 7.96. The molecule has 2 heterocycles. The van der Waals surface area contributed by atoms with E-state index in [1.807, 2.05) is 0 Å². The van der Waals surface area contributed by atoms with Gasteiger partial charge in [-0.25, -0.2) is 4.79 Å². The third-order valence-electron chi connectivity index (χ3n) is 9.37. The van der Waals surface area contributed by atoms with Crippen molar-refractivity contribution in [1.82, 2.24) is 4.90 Å². The van der Waals surface area contributed by atoms with Gasteiger partial charge in [-0.2, -0.15) is 0 Å². The number of carbonyl (C=O) groups excluding carboxylic acids is 1. The molecule has 1 saturated heterocycles. The van der Waals surface area contributed by atoms with Gasteiger partial charge in [0.1, 0.15) is 0 Å². The number of para-hydroxylation sites is 1. The number of carbonyl (C=O) groups is 1. The zero-order valence-corrected chi connectivity index (χ0v) is 20.6. The lowest BCUT2D eigenvalue weighted by molar-refractivity contribution is -0.136. The monoisotopic (exact) mass is 472 g/mol.